The van der Waals surface area contributed by atoms with Crippen LogP contribution in [0.1, 0.15) is 74.7 Å². The molecule has 0 aromatic rings. The number of hydrogen-bond acceptors (Lipinski definition) is 9. The summed E-state index contributed by atoms with van der Waals surface area (Å²) in [5, 5.41) is 21.8. The summed E-state index contributed by atoms with van der Waals surface area (Å²) in [4.78, 5) is 50.4. The zero-order chi connectivity index (χ0) is 28.3. The average molecular weight is 523 g/mol. The van der Waals surface area contributed by atoms with Crippen molar-refractivity contribution in [3.63, 3.8) is 0 Å². The van der Waals surface area contributed by atoms with Crippen LogP contribution in [-0.2, 0) is 33.4 Å². The SMILES string of the molecule is CC(=O)O[C@H](C)/C(C)=C/C(=O)O[C@H]1C(=O)[C@@H](O)[C@@]2(C)CC[C@H](O2)C(C)(C)/C=C/[C@H](C)C(=O)C(O)C[C@H]1C. The van der Waals surface area contributed by atoms with Crippen molar-refractivity contribution in [1.29, 1.82) is 0 Å². The van der Waals surface area contributed by atoms with Crippen molar-refractivity contribution in [2.75, 3.05) is 0 Å². The van der Waals surface area contributed by atoms with Gasteiger partial charge in [0.05, 0.1) is 11.7 Å². The lowest BCUT2D eigenvalue weighted by Crippen LogP contribution is -2.52. The Kier molecular flexibility index (Phi) is 10.0. The Bertz CT molecular complexity index is 949. The number of fused-ring (bicyclic) bond motifs is 2. The summed E-state index contributed by atoms with van der Waals surface area (Å²) >= 11 is 0. The van der Waals surface area contributed by atoms with Crippen LogP contribution in [0.15, 0.2) is 23.8 Å². The zero-order valence-electron chi connectivity index (χ0n) is 23.1. The number of ether oxygens (including phenoxy) is 3. The van der Waals surface area contributed by atoms with Gasteiger partial charge in [-0.1, -0.05) is 39.8 Å². The third-order valence-corrected chi connectivity index (χ3v) is 7.55. The summed E-state index contributed by atoms with van der Waals surface area (Å²) in [6.45, 7) is 13.3. The first-order valence-corrected chi connectivity index (χ1v) is 12.8. The van der Waals surface area contributed by atoms with Gasteiger partial charge in [0.25, 0.3) is 0 Å². The van der Waals surface area contributed by atoms with Gasteiger partial charge in [-0.05, 0) is 45.6 Å². The molecule has 9 heteroatoms. The number of carbonyl (C=O) groups excluding carboxylic acids is 4. The maximum absolute atomic E-state index is 13.6. The van der Waals surface area contributed by atoms with Gasteiger partial charge < -0.3 is 24.4 Å². The highest BCUT2D eigenvalue weighted by Crippen LogP contribution is 2.42. The standard InChI is InChI=1S/C28H42O9/c1-15-9-11-27(6,7)21-10-12-28(8,37-21)26(34)24(33)25(17(3)13-20(30)23(15)32)36-22(31)14-16(2)18(4)35-19(5)29/h9,11,14-15,17-18,20-21,25-26,30,34H,10,12-13H2,1-8H3/b11-9+,16-14+/t15-,17+,18+,20?,21-,25+,26+,28+/m0/s1. The number of Topliss-reactive ketones (excluding diaryl/α,β-unsaturated/α-hetero) is 2. The first-order chi connectivity index (χ1) is 17.0. The Morgan fingerprint density at radius 1 is 1.14 bits per heavy atom. The molecule has 2 heterocycles. The third kappa shape index (κ3) is 7.58. The average Bonchev–Trinajstić information content (AvgIpc) is 3.22. The van der Waals surface area contributed by atoms with Crippen LogP contribution in [-0.4, -0.2) is 69.8 Å². The number of esters is 2. The van der Waals surface area contributed by atoms with E-state index in [1.54, 1.807) is 40.7 Å². The van der Waals surface area contributed by atoms with E-state index in [0.29, 0.717) is 18.4 Å². The van der Waals surface area contributed by atoms with Crippen LogP contribution in [0, 0.1) is 17.3 Å². The Morgan fingerprint density at radius 2 is 1.76 bits per heavy atom. The molecular formula is C28H42O9. The van der Waals surface area contributed by atoms with E-state index >= 15 is 0 Å². The van der Waals surface area contributed by atoms with E-state index in [2.05, 4.69) is 0 Å². The topological polar surface area (TPSA) is 136 Å². The van der Waals surface area contributed by atoms with E-state index in [4.69, 9.17) is 14.2 Å². The van der Waals surface area contributed by atoms with Gasteiger partial charge in [-0.3, -0.25) is 14.4 Å². The predicted octanol–water partition coefficient (Wildman–Crippen LogP) is 2.85. The number of carbonyl (C=O) groups is 4. The summed E-state index contributed by atoms with van der Waals surface area (Å²) < 4.78 is 16.8. The molecule has 2 aliphatic rings. The van der Waals surface area contributed by atoms with Gasteiger partial charge in [0.1, 0.15) is 18.3 Å². The zero-order valence-corrected chi connectivity index (χ0v) is 23.1. The number of rotatable bonds is 4. The molecule has 0 aliphatic carbocycles. The molecule has 0 aromatic carbocycles. The summed E-state index contributed by atoms with van der Waals surface area (Å²) in [6, 6.07) is 0. The Morgan fingerprint density at radius 3 is 2.35 bits per heavy atom. The van der Waals surface area contributed by atoms with Crippen LogP contribution >= 0.6 is 0 Å². The second-order valence-electron chi connectivity index (χ2n) is 11.4. The second kappa shape index (κ2) is 12.0. The van der Waals surface area contributed by atoms with Crippen LogP contribution in [0.4, 0.5) is 0 Å². The third-order valence-electron chi connectivity index (χ3n) is 7.55. The summed E-state index contributed by atoms with van der Waals surface area (Å²) in [5.41, 5.74) is -1.30. The Labute approximate surface area is 219 Å². The van der Waals surface area contributed by atoms with Crippen LogP contribution in [0.2, 0.25) is 0 Å². The lowest BCUT2D eigenvalue weighted by Gasteiger charge is -2.36. The molecule has 2 bridgehead atoms. The van der Waals surface area contributed by atoms with Gasteiger partial charge in [0, 0.05) is 30.3 Å². The molecule has 1 saturated heterocycles. The molecule has 0 saturated carbocycles. The molecule has 2 aliphatic heterocycles. The fourth-order valence-corrected chi connectivity index (χ4v) is 4.79. The van der Waals surface area contributed by atoms with Crippen molar-refractivity contribution in [1.82, 2.24) is 0 Å². The maximum Gasteiger partial charge on any atom is 0.331 e. The van der Waals surface area contributed by atoms with Crippen LogP contribution < -0.4 is 0 Å². The van der Waals surface area contributed by atoms with Gasteiger partial charge in [0.2, 0.25) is 5.78 Å². The Balaban J connectivity index is 2.42. The molecule has 208 valence electrons. The molecule has 37 heavy (non-hydrogen) atoms. The maximum atomic E-state index is 13.6. The largest absolute Gasteiger partial charge is 0.458 e. The molecule has 8 atom stereocenters. The van der Waals surface area contributed by atoms with Gasteiger partial charge in [-0.2, -0.15) is 0 Å². The highest BCUT2D eigenvalue weighted by atomic mass is 16.6. The van der Waals surface area contributed by atoms with Crippen molar-refractivity contribution in [3.8, 4) is 0 Å². The molecule has 2 rings (SSSR count). The lowest BCUT2D eigenvalue weighted by molar-refractivity contribution is -0.172. The van der Waals surface area contributed by atoms with Crippen LogP contribution in [0.3, 0.4) is 0 Å². The fraction of sp³-hybridized carbons (Fsp3) is 0.714. The minimum absolute atomic E-state index is 0.149. The van der Waals surface area contributed by atoms with E-state index < -0.39 is 70.8 Å². The molecule has 1 unspecified atom stereocenters. The molecule has 0 aromatic heterocycles. The van der Waals surface area contributed by atoms with Gasteiger partial charge in [-0.15, -0.1) is 0 Å². The lowest BCUT2D eigenvalue weighted by atomic mass is 9.83. The molecule has 0 radical (unpaired) electrons. The second-order valence-corrected chi connectivity index (χ2v) is 11.4. The summed E-state index contributed by atoms with van der Waals surface area (Å²) in [7, 11) is 0. The van der Waals surface area contributed by atoms with E-state index in [9.17, 15) is 29.4 Å². The van der Waals surface area contributed by atoms with Crippen molar-refractivity contribution in [2.45, 2.75) is 111 Å². The Hall–Kier alpha value is -2.36. The smallest absolute Gasteiger partial charge is 0.331 e. The van der Waals surface area contributed by atoms with Crippen molar-refractivity contribution < 1.29 is 43.6 Å². The normalized spacial score (nSPS) is 36.9. The number of allylic oxidation sites excluding steroid dienone is 1. The van der Waals surface area contributed by atoms with Gasteiger partial charge in [-0.25, -0.2) is 4.79 Å². The summed E-state index contributed by atoms with van der Waals surface area (Å²) in [6.07, 6.45) is 0.150. The minimum Gasteiger partial charge on any atom is -0.458 e. The molecular weight excluding hydrogens is 480 g/mol. The van der Waals surface area contributed by atoms with Crippen LogP contribution in [0.5, 0.6) is 0 Å². The monoisotopic (exact) mass is 522 g/mol. The van der Waals surface area contributed by atoms with Gasteiger partial charge in [0.15, 0.2) is 11.9 Å². The molecule has 0 spiro atoms. The number of aliphatic hydroxyl groups excluding tert-OH is 2. The minimum atomic E-state index is -1.60. The predicted molar refractivity (Wildman–Crippen MR) is 135 cm³/mol. The van der Waals surface area contributed by atoms with Crippen molar-refractivity contribution in [2.24, 2.45) is 17.3 Å². The van der Waals surface area contributed by atoms with Gasteiger partial charge >= 0.3 is 11.9 Å². The number of ketones is 2. The molecule has 9 nitrogen and oxygen atoms in total. The number of aliphatic hydroxyl groups is 2. The first-order valence-electron chi connectivity index (χ1n) is 12.8. The molecule has 2 N–H and O–H groups in total. The molecule has 1 fully saturated rings. The quantitative estimate of drug-likeness (QED) is 0.324. The summed E-state index contributed by atoms with van der Waals surface area (Å²) in [5.74, 6) is -3.93. The molecule has 0 amide bonds. The number of hydrogen-bond donors (Lipinski definition) is 2. The van der Waals surface area contributed by atoms with E-state index in [0.717, 1.165) is 6.08 Å². The highest BCUT2D eigenvalue weighted by molar-refractivity contribution is 5.92. The van der Waals surface area contributed by atoms with Crippen molar-refractivity contribution >= 4 is 23.5 Å². The first kappa shape index (κ1) is 30.9. The van der Waals surface area contributed by atoms with Crippen molar-refractivity contribution in [3.05, 3.63) is 23.8 Å². The van der Waals surface area contributed by atoms with Crippen LogP contribution in [0.25, 0.3) is 0 Å². The highest BCUT2D eigenvalue weighted by Gasteiger charge is 2.51. The van der Waals surface area contributed by atoms with E-state index in [1.165, 1.54) is 6.92 Å². The fourth-order valence-electron chi connectivity index (χ4n) is 4.79. The van der Waals surface area contributed by atoms with E-state index in [-0.39, 0.29) is 12.5 Å². The van der Waals surface area contributed by atoms with E-state index in [1.807, 2.05) is 19.9 Å².